The lowest BCUT2D eigenvalue weighted by atomic mass is 10.2. The number of carbonyl (C=O) groups is 1. The first kappa shape index (κ1) is 16.5. The van der Waals surface area contributed by atoms with Crippen LogP contribution in [0.25, 0.3) is 5.65 Å². The van der Waals surface area contributed by atoms with Crippen LogP contribution < -0.4 is 14.8 Å². The summed E-state index contributed by atoms with van der Waals surface area (Å²) in [7, 11) is 1.55. The second-order valence-electron chi connectivity index (χ2n) is 5.58. The molecule has 0 saturated carbocycles. The maximum absolute atomic E-state index is 12.7. The van der Waals surface area contributed by atoms with E-state index in [0.29, 0.717) is 34.3 Å². The quantitative estimate of drug-likeness (QED) is 0.587. The van der Waals surface area contributed by atoms with Gasteiger partial charge in [0.1, 0.15) is 28.7 Å². The number of hydrogen-bond acceptors (Lipinski definition) is 6. The highest BCUT2D eigenvalue weighted by atomic mass is 16.5. The Labute approximate surface area is 154 Å². The highest BCUT2D eigenvalue weighted by Gasteiger charge is 2.15. The Balaban J connectivity index is 1.68. The van der Waals surface area contributed by atoms with Gasteiger partial charge in [-0.2, -0.15) is 0 Å². The molecule has 27 heavy (non-hydrogen) atoms. The Morgan fingerprint density at radius 1 is 1.07 bits per heavy atom. The van der Waals surface area contributed by atoms with E-state index in [2.05, 4.69) is 20.3 Å². The van der Waals surface area contributed by atoms with Crippen LogP contribution in [0.15, 0.2) is 67.5 Å². The Hall–Kier alpha value is -3.94. The van der Waals surface area contributed by atoms with E-state index < -0.39 is 0 Å². The van der Waals surface area contributed by atoms with Crippen molar-refractivity contribution in [2.45, 2.75) is 0 Å². The third-order valence-corrected chi connectivity index (χ3v) is 3.77. The van der Waals surface area contributed by atoms with Crippen molar-refractivity contribution < 1.29 is 14.3 Å². The first-order valence-electron chi connectivity index (χ1n) is 8.09. The first-order chi connectivity index (χ1) is 13.2. The average molecular weight is 361 g/mol. The number of pyridine rings is 3. The van der Waals surface area contributed by atoms with Gasteiger partial charge in [-0.25, -0.2) is 9.97 Å². The highest BCUT2D eigenvalue weighted by molar-refractivity contribution is 6.08. The Kier molecular flexibility index (Phi) is 4.36. The molecule has 0 atom stereocenters. The molecule has 0 aliphatic carbocycles. The number of amides is 1. The van der Waals surface area contributed by atoms with Gasteiger partial charge in [0, 0.05) is 24.7 Å². The van der Waals surface area contributed by atoms with Gasteiger partial charge in [-0.1, -0.05) is 6.07 Å². The zero-order chi connectivity index (χ0) is 18.6. The third-order valence-electron chi connectivity index (χ3n) is 3.77. The minimum atomic E-state index is -0.334. The lowest BCUT2D eigenvalue weighted by Gasteiger charge is -2.10. The van der Waals surface area contributed by atoms with Crippen LogP contribution in [0.3, 0.4) is 0 Å². The van der Waals surface area contributed by atoms with Crippen molar-refractivity contribution >= 4 is 17.4 Å². The molecular formula is C19H15N5O3. The number of fused-ring (bicyclic) bond motifs is 1. The number of ether oxygens (including phenoxy) is 2. The van der Waals surface area contributed by atoms with Gasteiger partial charge in [-0.3, -0.25) is 9.78 Å². The second kappa shape index (κ2) is 7.12. The molecule has 4 aromatic heterocycles. The van der Waals surface area contributed by atoms with Gasteiger partial charge < -0.3 is 19.2 Å². The van der Waals surface area contributed by atoms with Crippen LogP contribution in [-0.4, -0.2) is 32.4 Å². The van der Waals surface area contributed by atoms with E-state index in [4.69, 9.17) is 9.47 Å². The van der Waals surface area contributed by atoms with E-state index in [0.717, 1.165) is 0 Å². The van der Waals surface area contributed by atoms with Crippen molar-refractivity contribution in [3.8, 4) is 17.2 Å². The van der Waals surface area contributed by atoms with Crippen molar-refractivity contribution in [1.29, 1.82) is 0 Å². The van der Waals surface area contributed by atoms with E-state index in [-0.39, 0.29) is 5.91 Å². The summed E-state index contributed by atoms with van der Waals surface area (Å²) >= 11 is 0. The minimum Gasteiger partial charge on any atom is -0.495 e. The summed E-state index contributed by atoms with van der Waals surface area (Å²) in [6, 6.07) is 8.61. The van der Waals surface area contributed by atoms with Crippen LogP contribution in [0.2, 0.25) is 0 Å². The number of hydrogen-bond donors (Lipinski definition) is 1. The highest BCUT2D eigenvalue weighted by Crippen LogP contribution is 2.26. The van der Waals surface area contributed by atoms with E-state index in [9.17, 15) is 4.79 Å². The van der Waals surface area contributed by atoms with Crippen molar-refractivity contribution in [2.24, 2.45) is 0 Å². The van der Waals surface area contributed by atoms with E-state index >= 15 is 0 Å². The standard InChI is InChI=1S/C19H15N5O3/c1-26-13-8-14(11-20-10-13)27-15-9-16(18-22-6-7-24(18)12-15)19(25)23-17-4-2-3-5-21-17/h2-12H,1H3,(H,21,23,25). The summed E-state index contributed by atoms with van der Waals surface area (Å²) in [4.78, 5) is 25.2. The molecule has 1 amide bonds. The first-order valence-corrected chi connectivity index (χ1v) is 8.09. The summed E-state index contributed by atoms with van der Waals surface area (Å²) in [5.41, 5.74) is 0.874. The molecule has 4 heterocycles. The zero-order valence-corrected chi connectivity index (χ0v) is 14.4. The Morgan fingerprint density at radius 2 is 1.96 bits per heavy atom. The van der Waals surface area contributed by atoms with E-state index in [1.165, 1.54) is 0 Å². The van der Waals surface area contributed by atoms with Crippen molar-refractivity contribution in [2.75, 3.05) is 12.4 Å². The normalized spacial score (nSPS) is 10.6. The van der Waals surface area contributed by atoms with Gasteiger partial charge in [0.05, 0.1) is 31.3 Å². The lowest BCUT2D eigenvalue weighted by molar-refractivity contribution is 0.102. The van der Waals surface area contributed by atoms with Gasteiger partial charge >= 0.3 is 0 Å². The van der Waals surface area contributed by atoms with Crippen LogP contribution in [0.5, 0.6) is 17.2 Å². The lowest BCUT2D eigenvalue weighted by Crippen LogP contribution is -2.14. The number of methoxy groups -OCH3 is 1. The molecule has 4 rings (SSSR count). The molecule has 0 aliphatic rings. The van der Waals surface area contributed by atoms with E-state index in [1.54, 1.807) is 79.0 Å². The average Bonchev–Trinajstić information content (AvgIpc) is 3.17. The maximum Gasteiger partial charge on any atom is 0.260 e. The summed E-state index contributed by atoms with van der Waals surface area (Å²) in [6.07, 6.45) is 9.84. The van der Waals surface area contributed by atoms with Gasteiger partial charge in [0.25, 0.3) is 5.91 Å². The van der Waals surface area contributed by atoms with Crippen LogP contribution >= 0.6 is 0 Å². The van der Waals surface area contributed by atoms with Crippen molar-refractivity contribution in [1.82, 2.24) is 19.4 Å². The van der Waals surface area contributed by atoms with Crippen LogP contribution in [0.1, 0.15) is 10.4 Å². The third kappa shape index (κ3) is 3.54. The molecule has 0 fully saturated rings. The van der Waals surface area contributed by atoms with Gasteiger partial charge in [0.2, 0.25) is 0 Å². The number of carbonyl (C=O) groups excluding carboxylic acids is 1. The van der Waals surface area contributed by atoms with Gasteiger partial charge in [-0.15, -0.1) is 0 Å². The number of nitrogens with zero attached hydrogens (tertiary/aromatic N) is 4. The SMILES string of the molecule is COc1cncc(Oc2cc(C(=O)Nc3ccccn3)c3nccn3c2)c1. The molecule has 8 nitrogen and oxygen atoms in total. The smallest absolute Gasteiger partial charge is 0.260 e. The Bertz CT molecular complexity index is 1090. The fraction of sp³-hybridized carbons (Fsp3) is 0.0526. The molecule has 0 aromatic carbocycles. The number of anilines is 1. The molecule has 0 unspecified atom stereocenters. The monoisotopic (exact) mass is 361 g/mol. The molecular weight excluding hydrogens is 346 g/mol. The molecule has 1 N–H and O–H groups in total. The topological polar surface area (TPSA) is 90.6 Å². The predicted octanol–water partition coefficient (Wildman–Crippen LogP) is 3.18. The predicted molar refractivity (Wildman–Crippen MR) is 98.2 cm³/mol. The fourth-order valence-electron chi connectivity index (χ4n) is 2.55. The summed E-state index contributed by atoms with van der Waals surface area (Å²) in [6.45, 7) is 0. The largest absolute Gasteiger partial charge is 0.495 e. The van der Waals surface area contributed by atoms with Crippen LogP contribution in [0, 0.1) is 0 Å². The second-order valence-corrected chi connectivity index (χ2v) is 5.58. The summed E-state index contributed by atoms with van der Waals surface area (Å²) in [5, 5.41) is 2.76. The molecule has 0 spiro atoms. The minimum absolute atomic E-state index is 0.334. The number of imidazole rings is 1. The number of nitrogens with one attached hydrogen (secondary N) is 1. The van der Waals surface area contributed by atoms with Crippen molar-refractivity contribution in [3.63, 3.8) is 0 Å². The van der Waals surface area contributed by atoms with Gasteiger partial charge in [0.15, 0.2) is 0 Å². The molecule has 4 aromatic rings. The summed E-state index contributed by atoms with van der Waals surface area (Å²) in [5.74, 6) is 1.64. The van der Waals surface area contributed by atoms with Crippen molar-refractivity contribution in [3.05, 3.63) is 73.1 Å². The van der Waals surface area contributed by atoms with Crippen LogP contribution in [0.4, 0.5) is 5.82 Å². The number of rotatable bonds is 5. The van der Waals surface area contributed by atoms with E-state index in [1.807, 2.05) is 0 Å². The van der Waals surface area contributed by atoms with Crippen LogP contribution in [-0.2, 0) is 0 Å². The molecule has 8 heteroatoms. The molecule has 0 aliphatic heterocycles. The van der Waals surface area contributed by atoms with Gasteiger partial charge in [-0.05, 0) is 18.2 Å². The molecule has 0 radical (unpaired) electrons. The summed E-state index contributed by atoms with van der Waals surface area (Å²) < 4.78 is 12.7. The maximum atomic E-state index is 12.7. The zero-order valence-electron chi connectivity index (χ0n) is 14.4. The molecule has 134 valence electrons. The number of aromatic nitrogens is 4. The molecule has 0 bridgehead atoms. The molecule has 0 saturated heterocycles. The fourth-order valence-corrected chi connectivity index (χ4v) is 2.55. The Morgan fingerprint density at radius 3 is 2.78 bits per heavy atom.